The number of carbonyl (C=O) groups is 3. The molecular formula is C21H24F3N5O5. The van der Waals surface area contributed by atoms with Gasteiger partial charge < -0.3 is 20.3 Å². The standard InChI is InChI=1S/C19H23N5O3.C2HF3O2/c1-19(17(25)22-18(26)23-19)14-6-2-5-13(10-14)16-21-15(27-24-16)8-7-12-4-3-9-20-11-12;3-2(4,5)1(6)7/h2,5-6,10,12,20H,3-4,7-9,11H2,1H3,(H2,22,23,25,26);(H,6,7). The second kappa shape index (κ2) is 10.2. The molecule has 0 aliphatic carbocycles. The Bertz CT molecular complexity index is 1050. The topological polar surface area (TPSA) is 146 Å². The van der Waals surface area contributed by atoms with E-state index in [-0.39, 0.29) is 5.91 Å². The first-order valence-corrected chi connectivity index (χ1v) is 10.6. The van der Waals surface area contributed by atoms with E-state index in [0.717, 1.165) is 31.5 Å². The molecule has 0 spiro atoms. The van der Waals surface area contributed by atoms with Crippen molar-refractivity contribution in [2.45, 2.75) is 44.3 Å². The lowest BCUT2D eigenvalue weighted by atomic mass is 9.91. The second-order valence-corrected chi connectivity index (χ2v) is 8.18. The van der Waals surface area contributed by atoms with Gasteiger partial charge in [0.2, 0.25) is 11.7 Å². The fourth-order valence-electron chi connectivity index (χ4n) is 3.69. The predicted octanol–water partition coefficient (Wildman–Crippen LogP) is 2.36. The number of hydrogen-bond acceptors (Lipinski definition) is 7. The van der Waals surface area contributed by atoms with Crippen LogP contribution >= 0.6 is 0 Å². The summed E-state index contributed by atoms with van der Waals surface area (Å²) in [5.41, 5.74) is 0.313. The van der Waals surface area contributed by atoms with Crippen LogP contribution in [0.25, 0.3) is 11.4 Å². The highest BCUT2D eigenvalue weighted by atomic mass is 19.4. The lowest BCUT2D eigenvalue weighted by Gasteiger charge is -2.21. The van der Waals surface area contributed by atoms with Gasteiger partial charge in [0.1, 0.15) is 5.54 Å². The van der Waals surface area contributed by atoms with Crippen molar-refractivity contribution in [3.8, 4) is 11.4 Å². The molecule has 2 aromatic rings. The summed E-state index contributed by atoms with van der Waals surface area (Å²) in [5.74, 6) is -1.37. The van der Waals surface area contributed by atoms with Gasteiger partial charge in [-0.05, 0) is 56.8 Å². The summed E-state index contributed by atoms with van der Waals surface area (Å²) in [6.45, 7) is 3.83. The van der Waals surface area contributed by atoms with Crippen LogP contribution in [0.1, 0.15) is 37.6 Å². The number of alkyl halides is 3. The third kappa shape index (κ3) is 6.10. The number of amides is 3. The normalized spacial score (nSPS) is 22.4. The first-order valence-electron chi connectivity index (χ1n) is 10.6. The number of urea groups is 1. The molecule has 0 bridgehead atoms. The third-order valence-electron chi connectivity index (χ3n) is 5.62. The first kappa shape index (κ1) is 25.1. The molecule has 3 amide bonds. The van der Waals surface area contributed by atoms with Crippen LogP contribution < -0.4 is 16.0 Å². The van der Waals surface area contributed by atoms with Gasteiger partial charge in [-0.2, -0.15) is 18.2 Å². The Morgan fingerprint density at radius 2 is 2.06 bits per heavy atom. The Morgan fingerprint density at radius 1 is 1.32 bits per heavy atom. The molecule has 2 atom stereocenters. The zero-order chi connectivity index (χ0) is 24.9. The molecule has 4 rings (SSSR count). The van der Waals surface area contributed by atoms with E-state index < -0.39 is 23.7 Å². The first-order chi connectivity index (χ1) is 16.0. The minimum Gasteiger partial charge on any atom is -0.475 e. The molecule has 34 heavy (non-hydrogen) atoms. The number of aryl methyl sites for hydroxylation is 1. The van der Waals surface area contributed by atoms with Crippen molar-refractivity contribution in [1.29, 1.82) is 0 Å². The van der Waals surface area contributed by atoms with E-state index >= 15 is 0 Å². The van der Waals surface area contributed by atoms with Crippen molar-refractivity contribution in [2.24, 2.45) is 5.92 Å². The van der Waals surface area contributed by atoms with Gasteiger partial charge >= 0.3 is 18.2 Å². The fourth-order valence-corrected chi connectivity index (χ4v) is 3.69. The fraction of sp³-hybridized carbons (Fsp3) is 0.476. The van der Waals surface area contributed by atoms with Crippen molar-refractivity contribution < 1.29 is 37.2 Å². The lowest BCUT2D eigenvalue weighted by molar-refractivity contribution is -0.192. The lowest BCUT2D eigenvalue weighted by Crippen LogP contribution is -2.40. The molecule has 0 saturated carbocycles. The minimum absolute atomic E-state index is 0.375. The zero-order valence-electron chi connectivity index (χ0n) is 18.2. The number of nitrogens with zero attached hydrogens (tertiary/aromatic N) is 2. The number of carboxylic acids is 1. The second-order valence-electron chi connectivity index (χ2n) is 8.18. The average molecular weight is 483 g/mol. The number of carboxylic acid groups (broad SMARTS) is 1. The summed E-state index contributed by atoms with van der Waals surface area (Å²) >= 11 is 0. The number of halogens is 3. The van der Waals surface area contributed by atoms with E-state index in [1.807, 2.05) is 18.2 Å². The van der Waals surface area contributed by atoms with E-state index in [2.05, 4.69) is 26.1 Å². The summed E-state index contributed by atoms with van der Waals surface area (Å²) in [6, 6.07) is 6.79. The average Bonchev–Trinajstić information content (AvgIpc) is 3.37. The number of benzene rings is 1. The van der Waals surface area contributed by atoms with Crippen molar-refractivity contribution in [2.75, 3.05) is 13.1 Å². The SMILES string of the molecule is CC1(c2cccc(-c3noc(CCC4CCCNC4)n3)c2)NC(=O)NC1=O.O=C(O)C(F)(F)F. The molecule has 184 valence electrons. The van der Waals surface area contributed by atoms with E-state index in [0.29, 0.717) is 23.2 Å². The maximum absolute atomic E-state index is 12.1. The molecule has 2 unspecified atom stereocenters. The van der Waals surface area contributed by atoms with E-state index in [9.17, 15) is 22.8 Å². The van der Waals surface area contributed by atoms with Crippen LogP contribution in [-0.2, 0) is 21.5 Å². The highest BCUT2D eigenvalue weighted by molar-refractivity contribution is 6.07. The zero-order valence-corrected chi connectivity index (χ0v) is 18.2. The Morgan fingerprint density at radius 3 is 2.65 bits per heavy atom. The van der Waals surface area contributed by atoms with Crippen LogP contribution in [0.3, 0.4) is 0 Å². The summed E-state index contributed by atoms with van der Waals surface area (Å²) in [5, 5.41) is 19.6. The maximum Gasteiger partial charge on any atom is 0.490 e. The third-order valence-corrected chi connectivity index (χ3v) is 5.62. The molecule has 10 nitrogen and oxygen atoms in total. The van der Waals surface area contributed by atoms with E-state index in [1.54, 1.807) is 13.0 Å². The molecule has 1 aromatic heterocycles. The quantitative estimate of drug-likeness (QED) is 0.474. The van der Waals surface area contributed by atoms with Crippen LogP contribution in [0.15, 0.2) is 28.8 Å². The molecule has 13 heteroatoms. The molecule has 2 fully saturated rings. The van der Waals surface area contributed by atoms with Crippen LogP contribution in [0.5, 0.6) is 0 Å². The van der Waals surface area contributed by atoms with Gasteiger partial charge in [-0.3, -0.25) is 10.1 Å². The molecule has 4 N–H and O–H groups in total. The number of aromatic nitrogens is 2. The number of nitrogens with one attached hydrogen (secondary N) is 3. The Labute approximate surface area is 192 Å². The minimum atomic E-state index is -5.08. The van der Waals surface area contributed by atoms with Gasteiger partial charge in [0.05, 0.1) is 0 Å². The number of aliphatic carboxylic acids is 1. The van der Waals surface area contributed by atoms with Crippen molar-refractivity contribution >= 4 is 17.9 Å². The molecule has 0 radical (unpaired) electrons. The number of carbonyl (C=O) groups excluding carboxylic acids is 2. The summed E-state index contributed by atoms with van der Waals surface area (Å²) in [4.78, 5) is 37.1. The van der Waals surface area contributed by atoms with Crippen LogP contribution in [0, 0.1) is 5.92 Å². The maximum atomic E-state index is 12.1. The van der Waals surface area contributed by atoms with Crippen molar-refractivity contribution in [3.63, 3.8) is 0 Å². The smallest absolute Gasteiger partial charge is 0.475 e. The van der Waals surface area contributed by atoms with Crippen LogP contribution in [0.2, 0.25) is 0 Å². The highest BCUT2D eigenvalue weighted by Crippen LogP contribution is 2.28. The van der Waals surface area contributed by atoms with Gasteiger partial charge in [0, 0.05) is 12.0 Å². The predicted molar refractivity (Wildman–Crippen MR) is 111 cm³/mol. The summed E-state index contributed by atoms with van der Waals surface area (Å²) < 4.78 is 37.1. The van der Waals surface area contributed by atoms with Crippen LogP contribution in [-0.4, -0.2) is 52.4 Å². The molecule has 3 heterocycles. The summed E-state index contributed by atoms with van der Waals surface area (Å²) in [7, 11) is 0. The van der Waals surface area contributed by atoms with Gasteiger partial charge in [0.25, 0.3) is 5.91 Å². The van der Waals surface area contributed by atoms with Crippen LogP contribution in [0.4, 0.5) is 18.0 Å². The number of piperidine rings is 1. The van der Waals surface area contributed by atoms with Gasteiger partial charge in [-0.1, -0.05) is 23.4 Å². The van der Waals surface area contributed by atoms with Gasteiger partial charge in [-0.25, -0.2) is 9.59 Å². The highest BCUT2D eigenvalue weighted by Gasteiger charge is 2.43. The Balaban J connectivity index is 0.000000406. The van der Waals surface area contributed by atoms with Crippen molar-refractivity contribution in [3.05, 3.63) is 35.7 Å². The number of rotatable bonds is 5. The molecule has 1 aromatic carbocycles. The Kier molecular flexibility index (Phi) is 7.54. The molecule has 2 saturated heterocycles. The summed E-state index contributed by atoms with van der Waals surface area (Å²) in [6.07, 6.45) is -0.841. The van der Waals surface area contributed by atoms with E-state index in [1.165, 1.54) is 12.8 Å². The van der Waals surface area contributed by atoms with Gasteiger partial charge in [0.15, 0.2) is 0 Å². The number of hydrogen-bond donors (Lipinski definition) is 4. The monoisotopic (exact) mass is 483 g/mol. The molecule has 2 aliphatic rings. The Hall–Kier alpha value is -3.48. The largest absolute Gasteiger partial charge is 0.490 e. The molecular weight excluding hydrogens is 459 g/mol. The van der Waals surface area contributed by atoms with Crippen molar-refractivity contribution in [1.82, 2.24) is 26.1 Å². The number of imide groups is 1. The van der Waals surface area contributed by atoms with Gasteiger partial charge in [-0.15, -0.1) is 0 Å². The molecule has 2 aliphatic heterocycles. The van der Waals surface area contributed by atoms with E-state index in [4.69, 9.17) is 14.4 Å².